The van der Waals surface area contributed by atoms with E-state index in [1.165, 1.54) is 7.11 Å². The highest BCUT2D eigenvalue weighted by molar-refractivity contribution is 6.18. The molecule has 0 unspecified atom stereocenters. The molecule has 0 saturated carbocycles. The first-order chi connectivity index (χ1) is 8.67. The first-order valence-corrected chi connectivity index (χ1v) is 6.19. The van der Waals surface area contributed by atoms with E-state index in [1.54, 1.807) is 24.3 Å². The Morgan fingerprint density at radius 3 is 2.50 bits per heavy atom. The number of alkyl halides is 1. The second kappa shape index (κ2) is 7.84. The smallest absolute Gasteiger partial charge is 0.250 e. The van der Waals surface area contributed by atoms with Crippen LogP contribution in [0.25, 0.3) is 0 Å². The molecular formula is C13H16ClNO3. The number of carbonyl (C=O) groups is 2. The average Bonchev–Trinajstić information content (AvgIpc) is 2.37. The summed E-state index contributed by atoms with van der Waals surface area (Å²) in [6.07, 6.45) is 1.12. The van der Waals surface area contributed by atoms with Gasteiger partial charge in [-0.2, -0.15) is 0 Å². The van der Waals surface area contributed by atoms with Crippen molar-refractivity contribution in [2.75, 3.05) is 24.9 Å². The standard InChI is InChI=1S/C13H16ClNO3/c1-18-9-13(17)15-11-6-4-10(5-7-11)12(16)3-2-8-14/h4-7H,2-3,8-9H2,1H3,(H,15,17). The number of methoxy groups -OCH3 is 1. The molecule has 0 radical (unpaired) electrons. The topological polar surface area (TPSA) is 55.4 Å². The molecule has 1 amide bonds. The fraction of sp³-hybridized carbons (Fsp3) is 0.385. The van der Waals surface area contributed by atoms with Gasteiger partial charge < -0.3 is 10.1 Å². The van der Waals surface area contributed by atoms with Crippen molar-refractivity contribution in [1.29, 1.82) is 0 Å². The SMILES string of the molecule is COCC(=O)Nc1ccc(C(=O)CCCCl)cc1. The number of halogens is 1. The van der Waals surface area contributed by atoms with Gasteiger partial charge in [-0.3, -0.25) is 9.59 Å². The third-order valence-corrected chi connectivity index (χ3v) is 2.57. The molecule has 98 valence electrons. The van der Waals surface area contributed by atoms with Gasteiger partial charge in [0.05, 0.1) is 0 Å². The van der Waals surface area contributed by atoms with Gasteiger partial charge in [0.1, 0.15) is 6.61 Å². The van der Waals surface area contributed by atoms with Crippen molar-refractivity contribution in [1.82, 2.24) is 0 Å². The van der Waals surface area contributed by atoms with Gasteiger partial charge >= 0.3 is 0 Å². The van der Waals surface area contributed by atoms with Crippen molar-refractivity contribution in [3.63, 3.8) is 0 Å². The Bertz CT molecular complexity index is 403. The summed E-state index contributed by atoms with van der Waals surface area (Å²) < 4.78 is 4.70. The summed E-state index contributed by atoms with van der Waals surface area (Å²) in [5.74, 6) is 0.320. The van der Waals surface area contributed by atoms with E-state index in [2.05, 4.69) is 5.32 Å². The highest BCUT2D eigenvalue weighted by Gasteiger charge is 2.06. The summed E-state index contributed by atoms with van der Waals surface area (Å²) in [6, 6.07) is 6.78. The van der Waals surface area contributed by atoms with Gasteiger partial charge in [0, 0.05) is 30.7 Å². The van der Waals surface area contributed by atoms with Crippen LogP contribution in [-0.4, -0.2) is 31.3 Å². The van der Waals surface area contributed by atoms with Crippen LogP contribution in [0.15, 0.2) is 24.3 Å². The minimum atomic E-state index is -0.223. The van der Waals surface area contributed by atoms with E-state index in [9.17, 15) is 9.59 Å². The number of ether oxygens (including phenoxy) is 1. The summed E-state index contributed by atoms with van der Waals surface area (Å²) >= 11 is 5.53. The van der Waals surface area contributed by atoms with Crippen molar-refractivity contribution in [2.24, 2.45) is 0 Å². The number of anilines is 1. The Morgan fingerprint density at radius 1 is 1.28 bits per heavy atom. The molecule has 0 aliphatic rings. The molecule has 0 atom stereocenters. The van der Waals surface area contributed by atoms with E-state index in [1.807, 2.05) is 0 Å². The van der Waals surface area contributed by atoms with E-state index >= 15 is 0 Å². The van der Waals surface area contributed by atoms with Crippen LogP contribution in [0.1, 0.15) is 23.2 Å². The summed E-state index contributed by atoms with van der Waals surface area (Å²) in [4.78, 5) is 22.9. The molecule has 0 saturated heterocycles. The summed E-state index contributed by atoms with van der Waals surface area (Å²) in [5, 5.41) is 2.66. The monoisotopic (exact) mass is 269 g/mol. The second-order valence-electron chi connectivity index (χ2n) is 3.77. The minimum Gasteiger partial charge on any atom is -0.375 e. The lowest BCUT2D eigenvalue weighted by atomic mass is 10.1. The quantitative estimate of drug-likeness (QED) is 0.611. The predicted octanol–water partition coefficient (Wildman–Crippen LogP) is 2.47. The first-order valence-electron chi connectivity index (χ1n) is 5.65. The third-order valence-electron chi connectivity index (χ3n) is 2.30. The van der Waals surface area contributed by atoms with Gasteiger partial charge in [-0.1, -0.05) is 0 Å². The van der Waals surface area contributed by atoms with Gasteiger partial charge in [0.25, 0.3) is 0 Å². The van der Waals surface area contributed by atoms with Crippen LogP contribution < -0.4 is 5.32 Å². The molecular weight excluding hydrogens is 254 g/mol. The summed E-state index contributed by atoms with van der Waals surface area (Å²) in [7, 11) is 1.46. The van der Waals surface area contributed by atoms with Crippen LogP contribution in [0.4, 0.5) is 5.69 Å². The Labute approximate surface area is 111 Å². The van der Waals surface area contributed by atoms with Gasteiger partial charge in [0.2, 0.25) is 5.91 Å². The van der Waals surface area contributed by atoms with E-state index < -0.39 is 0 Å². The molecule has 0 fully saturated rings. The van der Waals surface area contributed by atoms with Crippen molar-refractivity contribution in [2.45, 2.75) is 12.8 Å². The number of ketones is 1. The molecule has 4 nitrogen and oxygen atoms in total. The zero-order valence-electron chi connectivity index (χ0n) is 10.2. The fourth-order valence-corrected chi connectivity index (χ4v) is 1.57. The molecule has 0 spiro atoms. The van der Waals surface area contributed by atoms with E-state index in [-0.39, 0.29) is 18.3 Å². The number of hydrogen-bond acceptors (Lipinski definition) is 3. The zero-order valence-corrected chi connectivity index (χ0v) is 11.0. The Balaban J connectivity index is 2.57. The Kier molecular flexibility index (Phi) is 6.39. The van der Waals surface area contributed by atoms with Crippen molar-refractivity contribution in [3.05, 3.63) is 29.8 Å². The lowest BCUT2D eigenvalue weighted by molar-refractivity contribution is -0.119. The fourth-order valence-electron chi connectivity index (χ4n) is 1.44. The number of carbonyl (C=O) groups excluding carboxylic acids is 2. The Hall–Kier alpha value is -1.39. The number of hydrogen-bond donors (Lipinski definition) is 1. The van der Waals surface area contributed by atoms with E-state index in [0.29, 0.717) is 30.0 Å². The van der Waals surface area contributed by atoms with Gasteiger partial charge in [-0.15, -0.1) is 11.6 Å². The lowest BCUT2D eigenvalue weighted by Gasteiger charge is -2.05. The van der Waals surface area contributed by atoms with E-state index in [4.69, 9.17) is 16.3 Å². The minimum absolute atomic E-state index is 0.0103. The van der Waals surface area contributed by atoms with Crippen LogP contribution in [0.5, 0.6) is 0 Å². The van der Waals surface area contributed by atoms with Gasteiger partial charge in [-0.05, 0) is 30.7 Å². The average molecular weight is 270 g/mol. The second-order valence-corrected chi connectivity index (χ2v) is 4.15. The maximum absolute atomic E-state index is 11.7. The predicted molar refractivity (Wildman–Crippen MR) is 71.2 cm³/mol. The van der Waals surface area contributed by atoms with Gasteiger partial charge in [0.15, 0.2) is 5.78 Å². The lowest BCUT2D eigenvalue weighted by Crippen LogP contribution is -2.17. The molecule has 1 N–H and O–H groups in total. The number of rotatable bonds is 7. The molecule has 1 aromatic carbocycles. The van der Waals surface area contributed by atoms with Crippen LogP contribution in [0.3, 0.4) is 0 Å². The molecule has 18 heavy (non-hydrogen) atoms. The number of benzene rings is 1. The van der Waals surface area contributed by atoms with E-state index in [0.717, 1.165) is 0 Å². The Morgan fingerprint density at radius 2 is 1.94 bits per heavy atom. The van der Waals surface area contributed by atoms with Crippen LogP contribution in [0.2, 0.25) is 0 Å². The number of nitrogens with one attached hydrogen (secondary N) is 1. The molecule has 1 aromatic rings. The highest BCUT2D eigenvalue weighted by atomic mass is 35.5. The highest BCUT2D eigenvalue weighted by Crippen LogP contribution is 2.12. The normalized spacial score (nSPS) is 10.1. The van der Waals surface area contributed by atoms with Crippen molar-refractivity contribution >= 4 is 29.0 Å². The number of amides is 1. The van der Waals surface area contributed by atoms with Crippen LogP contribution >= 0.6 is 11.6 Å². The molecule has 1 rings (SSSR count). The van der Waals surface area contributed by atoms with Crippen LogP contribution in [-0.2, 0) is 9.53 Å². The first kappa shape index (κ1) is 14.7. The van der Waals surface area contributed by atoms with Gasteiger partial charge in [-0.25, -0.2) is 0 Å². The number of Topliss-reactive ketones (excluding diaryl/α,β-unsaturated/α-hetero) is 1. The summed E-state index contributed by atoms with van der Waals surface area (Å²) in [6.45, 7) is 0.0103. The third kappa shape index (κ3) is 4.85. The maximum Gasteiger partial charge on any atom is 0.250 e. The largest absolute Gasteiger partial charge is 0.375 e. The molecule has 0 heterocycles. The maximum atomic E-state index is 11.7. The molecule has 0 aliphatic carbocycles. The van der Waals surface area contributed by atoms with Crippen molar-refractivity contribution in [3.8, 4) is 0 Å². The molecule has 0 bridgehead atoms. The molecule has 0 aliphatic heterocycles. The molecule has 5 heteroatoms. The summed E-state index contributed by atoms with van der Waals surface area (Å²) in [5.41, 5.74) is 1.27. The van der Waals surface area contributed by atoms with Crippen LogP contribution in [0, 0.1) is 0 Å². The van der Waals surface area contributed by atoms with Crippen molar-refractivity contribution < 1.29 is 14.3 Å². The molecule has 0 aromatic heterocycles. The zero-order chi connectivity index (χ0) is 13.4.